The van der Waals surface area contributed by atoms with Crippen LogP contribution in [0.5, 0.6) is 0 Å². The van der Waals surface area contributed by atoms with Crippen LogP contribution < -0.4 is 11.3 Å². The van der Waals surface area contributed by atoms with Crippen molar-refractivity contribution in [3.63, 3.8) is 0 Å². The molecule has 0 bridgehead atoms. The van der Waals surface area contributed by atoms with Crippen molar-refractivity contribution in [1.82, 2.24) is 10.4 Å². The number of aromatic nitrogens is 1. The summed E-state index contributed by atoms with van der Waals surface area (Å²) in [6, 6.07) is 5.96. The second-order valence-corrected chi connectivity index (χ2v) is 6.24. The summed E-state index contributed by atoms with van der Waals surface area (Å²) in [5, 5.41) is 0. The van der Waals surface area contributed by atoms with Crippen LogP contribution in [0.2, 0.25) is 4.34 Å². The zero-order chi connectivity index (χ0) is 12.3. The summed E-state index contributed by atoms with van der Waals surface area (Å²) in [4.78, 5) is 5.25. The molecular weight excluding hydrogens is 322 g/mol. The molecule has 0 saturated heterocycles. The number of rotatable bonds is 4. The topological polar surface area (TPSA) is 50.9 Å². The van der Waals surface area contributed by atoms with Gasteiger partial charge in [0.2, 0.25) is 0 Å². The van der Waals surface area contributed by atoms with Crippen LogP contribution in [0.4, 0.5) is 0 Å². The minimum Gasteiger partial charge on any atom is -0.271 e. The molecule has 0 aliphatic carbocycles. The Hall–Kier alpha value is -0.460. The molecule has 3 N–H and O–H groups in total. The fourth-order valence-electron chi connectivity index (χ4n) is 1.56. The highest BCUT2D eigenvalue weighted by molar-refractivity contribution is 9.10. The van der Waals surface area contributed by atoms with Crippen molar-refractivity contribution in [2.45, 2.75) is 12.5 Å². The van der Waals surface area contributed by atoms with Crippen LogP contribution in [-0.4, -0.2) is 4.98 Å². The number of nitrogens with zero attached hydrogens (tertiary/aromatic N) is 1. The molecule has 1 unspecified atom stereocenters. The fraction of sp³-hybridized carbons (Fsp3) is 0.182. The Kier molecular flexibility index (Phi) is 4.53. The van der Waals surface area contributed by atoms with E-state index in [1.165, 1.54) is 11.3 Å². The Bertz CT molecular complexity index is 503. The van der Waals surface area contributed by atoms with Gasteiger partial charge < -0.3 is 0 Å². The van der Waals surface area contributed by atoms with Crippen molar-refractivity contribution in [2.75, 3.05) is 0 Å². The SMILES string of the molecule is NNC(Cc1cncc(Br)c1)c1ccc(Cl)s1. The smallest absolute Gasteiger partial charge is 0.0931 e. The third kappa shape index (κ3) is 3.50. The lowest BCUT2D eigenvalue weighted by Crippen LogP contribution is -2.28. The third-order valence-electron chi connectivity index (χ3n) is 2.34. The van der Waals surface area contributed by atoms with E-state index in [2.05, 4.69) is 26.3 Å². The Morgan fingerprint density at radius 1 is 1.47 bits per heavy atom. The first-order chi connectivity index (χ1) is 8.19. The Labute approximate surface area is 117 Å². The molecule has 1 atom stereocenters. The monoisotopic (exact) mass is 331 g/mol. The summed E-state index contributed by atoms with van der Waals surface area (Å²) >= 11 is 10.9. The first kappa shape index (κ1) is 13.0. The van der Waals surface area contributed by atoms with Gasteiger partial charge in [-0.25, -0.2) is 0 Å². The molecule has 2 heterocycles. The molecule has 2 aromatic rings. The van der Waals surface area contributed by atoms with Crippen LogP contribution in [0.1, 0.15) is 16.5 Å². The molecule has 0 radical (unpaired) electrons. The van der Waals surface area contributed by atoms with Gasteiger partial charge in [0.25, 0.3) is 0 Å². The highest BCUT2D eigenvalue weighted by Gasteiger charge is 2.13. The predicted octanol–water partition coefficient (Wildman–Crippen LogP) is 3.31. The Morgan fingerprint density at radius 3 is 2.88 bits per heavy atom. The number of nitrogens with one attached hydrogen (secondary N) is 1. The number of nitrogens with two attached hydrogens (primary N) is 1. The molecule has 2 rings (SSSR count). The lowest BCUT2D eigenvalue weighted by Gasteiger charge is -2.14. The summed E-state index contributed by atoms with van der Waals surface area (Å²) in [7, 11) is 0. The van der Waals surface area contributed by atoms with E-state index < -0.39 is 0 Å². The van der Waals surface area contributed by atoms with E-state index in [0.29, 0.717) is 0 Å². The van der Waals surface area contributed by atoms with Gasteiger partial charge in [-0.2, -0.15) is 0 Å². The number of hydrogen-bond donors (Lipinski definition) is 2. The van der Waals surface area contributed by atoms with Gasteiger partial charge in [-0.05, 0) is 46.1 Å². The summed E-state index contributed by atoms with van der Waals surface area (Å²) < 4.78 is 1.74. The van der Waals surface area contributed by atoms with E-state index in [1.54, 1.807) is 6.20 Å². The average molecular weight is 333 g/mol. The van der Waals surface area contributed by atoms with Crippen LogP contribution in [0.3, 0.4) is 0 Å². The summed E-state index contributed by atoms with van der Waals surface area (Å²) in [6.45, 7) is 0. The fourth-order valence-corrected chi connectivity index (χ4v) is 3.09. The molecule has 0 aliphatic heterocycles. The molecular formula is C11H11BrClN3S. The van der Waals surface area contributed by atoms with Crippen LogP contribution in [-0.2, 0) is 6.42 Å². The van der Waals surface area contributed by atoms with E-state index in [1.807, 2.05) is 24.4 Å². The molecule has 0 aromatic carbocycles. The number of halogens is 2. The third-order valence-corrected chi connectivity index (χ3v) is 4.12. The lowest BCUT2D eigenvalue weighted by atomic mass is 10.1. The molecule has 90 valence electrons. The highest BCUT2D eigenvalue weighted by atomic mass is 79.9. The second-order valence-electron chi connectivity index (χ2n) is 3.58. The second kappa shape index (κ2) is 5.93. The first-order valence-corrected chi connectivity index (χ1v) is 6.98. The Morgan fingerprint density at radius 2 is 2.29 bits per heavy atom. The van der Waals surface area contributed by atoms with Crippen molar-refractivity contribution in [1.29, 1.82) is 0 Å². The maximum Gasteiger partial charge on any atom is 0.0931 e. The van der Waals surface area contributed by atoms with Crippen molar-refractivity contribution >= 4 is 38.9 Å². The van der Waals surface area contributed by atoms with Gasteiger partial charge >= 0.3 is 0 Å². The number of hydrogen-bond acceptors (Lipinski definition) is 4. The van der Waals surface area contributed by atoms with Crippen molar-refractivity contribution < 1.29 is 0 Å². The van der Waals surface area contributed by atoms with Gasteiger partial charge in [0.1, 0.15) is 0 Å². The molecule has 0 amide bonds. The molecule has 2 aromatic heterocycles. The highest BCUT2D eigenvalue weighted by Crippen LogP contribution is 2.28. The van der Waals surface area contributed by atoms with Gasteiger partial charge in [-0.1, -0.05) is 11.6 Å². The van der Waals surface area contributed by atoms with Crippen LogP contribution >= 0.6 is 38.9 Å². The van der Waals surface area contributed by atoms with Crippen molar-refractivity contribution in [3.05, 3.63) is 49.8 Å². The first-order valence-electron chi connectivity index (χ1n) is 5.00. The normalized spacial score (nSPS) is 12.6. The summed E-state index contributed by atoms with van der Waals surface area (Å²) in [5.41, 5.74) is 3.93. The minimum atomic E-state index is 0.0589. The molecule has 0 saturated carbocycles. The molecule has 0 aliphatic rings. The Balaban J connectivity index is 2.15. The van der Waals surface area contributed by atoms with Crippen molar-refractivity contribution in [3.8, 4) is 0 Å². The van der Waals surface area contributed by atoms with Gasteiger partial charge in [0.05, 0.1) is 10.4 Å². The lowest BCUT2D eigenvalue weighted by molar-refractivity contribution is 0.560. The van der Waals surface area contributed by atoms with E-state index >= 15 is 0 Å². The molecule has 17 heavy (non-hydrogen) atoms. The van der Waals surface area contributed by atoms with E-state index in [9.17, 15) is 0 Å². The standard InChI is InChI=1S/C11H11BrClN3S/c12-8-3-7(5-15-6-8)4-9(16-14)10-1-2-11(13)17-10/h1-3,5-6,9,16H,4,14H2. The van der Waals surface area contributed by atoms with Crippen molar-refractivity contribution in [2.24, 2.45) is 5.84 Å². The van der Waals surface area contributed by atoms with Crippen LogP contribution in [0.15, 0.2) is 35.1 Å². The molecule has 3 nitrogen and oxygen atoms in total. The van der Waals surface area contributed by atoms with Gasteiger partial charge in [-0.15, -0.1) is 11.3 Å². The summed E-state index contributed by atoms with van der Waals surface area (Å²) in [6.07, 6.45) is 4.38. The maximum atomic E-state index is 5.92. The quantitative estimate of drug-likeness (QED) is 0.667. The maximum absolute atomic E-state index is 5.92. The molecule has 6 heteroatoms. The largest absolute Gasteiger partial charge is 0.271 e. The predicted molar refractivity (Wildman–Crippen MR) is 75.0 cm³/mol. The summed E-state index contributed by atoms with van der Waals surface area (Å²) in [5.74, 6) is 5.58. The van der Waals surface area contributed by atoms with E-state index in [0.717, 1.165) is 25.7 Å². The van der Waals surface area contributed by atoms with Crippen LogP contribution in [0.25, 0.3) is 0 Å². The average Bonchev–Trinajstić information content (AvgIpc) is 2.73. The number of hydrazine groups is 1. The van der Waals surface area contributed by atoms with Crippen LogP contribution in [0, 0.1) is 0 Å². The van der Waals surface area contributed by atoms with Gasteiger partial charge in [0, 0.05) is 21.7 Å². The zero-order valence-electron chi connectivity index (χ0n) is 8.86. The van der Waals surface area contributed by atoms with Gasteiger partial charge in [0.15, 0.2) is 0 Å². The van der Waals surface area contributed by atoms with Gasteiger partial charge in [-0.3, -0.25) is 16.3 Å². The minimum absolute atomic E-state index is 0.0589. The van der Waals surface area contributed by atoms with E-state index in [-0.39, 0.29) is 6.04 Å². The molecule has 0 spiro atoms. The van der Waals surface area contributed by atoms with E-state index in [4.69, 9.17) is 17.4 Å². The number of thiophene rings is 1. The zero-order valence-corrected chi connectivity index (χ0v) is 12.0. The number of pyridine rings is 1. The molecule has 0 fully saturated rings.